The summed E-state index contributed by atoms with van der Waals surface area (Å²) in [6, 6.07) is 4.06. The number of nitrogens with one attached hydrogen (secondary N) is 2. The molecule has 17 heteroatoms. The predicted molar refractivity (Wildman–Crippen MR) is 152 cm³/mol. The van der Waals surface area contributed by atoms with Gasteiger partial charge in [0.25, 0.3) is 5.91 Å². The van der Waals surface area contributed by atoms with Crippen LogP contribution in [0.3, 0.4) is 0 Å². The van der Waals surface area contributed by atoms with Crippen molar-refractivity contribution in [3.05, 3.63) is 29.3 Å². The van der Waals surface area contributed by atoms with Crippen LogP contribution >= 0.6 is 0 Å². The number of amides is 2. The number of nitrogens with two attached hydrogens (primary N) is 1. The van der Waals surface area contributed by atoms with Crippen LogP contribution in [0.5, 0.6) is 0 Å². The smallest absolute Gasteiger partial charge is 0.475 e. The number of likely N-dealkylation sites (N-methyl/N-ethyl adjacent to an activating group) is 1. The molecule has 14 nitrogen and oxygen atoms in total. The molecule has 44 heavy (non-hydrogen) atoms. The number of carboxylic acids is 1. The van der Waals surface area contributed by atoms with Gasteiger partial charge in [-0.25, -0.2) is 4.79 Å². The Morgan fingerprint density at radius 3 is 1.95 bits per heavy atom. The summed E-state index contributed by atoms with van der Waals surface area (Å²) in [5.41, 5.74) is 6.12. The van der Waals surface area contributed by atoms with E-state index in [1.54, 1.807) is 12.1 Å². The molecule has 1 unspecified atom stereocenters. The van der Waals surface area contributed by atoms with E-state index in [2.05, 4.69) is 10.6 Å². The van der Waals surface area contributed by atoms with Crippen molar-refractivity contribution in [3.63, 3.8) is 0 Å². The zero-order chi connectivity index (χ0) is 33.4. The number of hydrogen-bond acceptors (Lipinski definition) is 11. The highest BCUT2D eigenvalue weighted by atomic mass is 19.4. The third-order valence-corrected chi connectivity index (χ3v) is 5.54. The molecule has 250 valence electrons. The molecule has 1 aromatic rings. The van der Waals surface area contributed by atoms with Crippen molar-refractivity contribution in [2.45, 2.75) is 25.1 Å². The first kappa shape index (κ1) is 40.4. The van der Waals surface area contributed by atoms with Crippen LogP contribution in [-0.4, -0.2) is 133 Å². The van der Waals surface area contributed by atoms with Crippen LogP contribution in [0, 0.1) is 0 Å². The van der Waals surface area contributed by atoms with Crippen molar-refractivity contribution < 1.29 is 61.2 Å². The Morgan fingerprint density at radius 1 is 0.977 bits per heavy atom. The van der Waals surface area contributed by atoms with Gasteiger partial charge in [-0.2, -0.15) is 13.2 Å². The molecular formula is C27H41F3N4O10. The summed E-state index contributed by atoms with van der Waals surface area (Å²) in [4.78, 5) is 58.1. The highest BCUT2D eigenvalue weighted by molar-refractivity contribution is 6.06. The Balaban J connectivity index is 0.00000234. The van der Waals surface area contributed by atoms with Crippen molar-refractivity contribution >= 4 is 36.0 Å². The van der Waals surface area contributed by atoms with Crippen LogP contribution in [0.25, 0.3) is 0 Å². The quantitative estimate of drug-likeness (QED) is 0.103. The Kier molecular flexibility index (Phi) is 21.8. The van der Waals surface area contributed by atoms with Crippen molar-refractivity contribution in [2.75, 3.05) is 85.4 Å². The lowest BCUT2D eigenvalue weighted by atomic mass is 10.0. The molecule has 0 heterocycles. The zero-order valence-electron chi connectivity index (χ0n) is 24.7. The number of carbonyl (C=O) groups is 5. The summed E-state index contributed by atoms with van der Waals surface area (Å²) in [5.74, 6) is -3.49. The average Bonchev–Trinajstić information content (AvgIpc) is 3.00. The molecule has 1 rings (SSSR count). The number of rotatable bonds is 22. The Hall–Kier alpha value is -3.64. The fourth-order valence-electron chi connectivity index (χ4n) is 3.24. The number of benzene rings is 1. The fourth-order valence-corrected chi connectivity index (χ4v) is 3.24. The van der Waals surface area contributed by atoms with E-state index in [1.165, 1.54) is 25.1 Å². The topological polar surface area (TPSA) is 196 Å². The average molecular weight is 639 g/mol. The third-order valence-electron chi connectivity index (χ3n) is 5.54. The summed E-state index contributed by atoms with van der Waals surface area (Å²) in [6.07, 6.45) is -3.60. The lowest BCUT2D eigenvalue weighted by molar-refractivity contribution is -0.192. The van der Waals surface area contributed by atoms with E-state index in [4.69, 9.17) is 34.6 Å². The first-order chi connectivity index (χ1) is 20.9. The maximum Gasteiger partial charge on any atom is 0.490 e. The zero-order valence-corrected chi connectivity index (χ0v) is 24.7. The summed E-state index contributed by atoms with van der Waals surface area (Å²) in [7, 11) is 2.97. The predicted octanol–water partition coefficient (Wildman–Crippen LogP) is 0.735. The largest absolute Gasteiger partial charge is 0.490 e. The van der Waals surface area contributed by atoms with E-state index in [-0.39, 0.29) is 29.9 Å². The van der Waals surface area contributed by atoms with Gasteiger partial charge in [0.1, 0.15) is 6.29 Å². The third kappa shape index (κ3) is 17.5. The van der Waals surface area contributed by atoms with Gasteiger partial charge in [-0.05, 0) is 12.5 Å². The highest BCUT2D eigenvalue weighted by Crippen LogP contribution is 2.22. The summed E-state index contributed by atoms with van der Waals surface area (Å²) in [5, 5.41) is 12.7. The van der Waals surface area contributed by atoms with E-state index in [9.17, 15) is 32.3 Å². The van der Waals surface area contributed by atoms with Crippen LogP contribution < -0.4 is 16.4 Å². The van der Waals surface area contributed by atoms with E-state index in [0.29, 0.717) is 84.2 Å². The van der Waals surface area contributed by atoms with Crippen LogP contribution in [0.15, 0.2) is 18.2 Å². The number of carbonyl (C=O) groups excluding carboxylic acids is 4. The van der Waals surface area contributed by atoms with Gasteiger partial charge < -0.3 is 50.1 Å². The lowest BCUT2D eigenvalue weighted by Crippen LogP contribution is -2.39. The second-order valence-corrected chi connectivity index (χ2v) is 8.69. The number of ether oxygens (including phenoxy) is 4. The van der Waals surface area contributed by atoms with E-state index >= 15 is 0 Å². The minimum absolute atomic E-state index is 0.0935. The van der Waals surface area contributed by atoms with Gasteiger partial charge in [0, 0.05) is 44.9 Å². The minimum Gasteiger partial charge on any atom is -0.475 e. The molecule has 0 aromatic heterocycles. The first-order valence-corrected chi connectivity index (χ1v) is 13.5. The molecule has 0 aliphatic heterocycles. The Labute approximate surface area is 253 Å². The molecule has 0 saturated carbocycles. The van der Waals surface area contributed by atoms with E-state index < -0.39 is 24.1 Å². The van der Waals surface area contributed by atoms with Gasteiger partial charge >= 0.3 is 12.1 Å². The summed E-state index contributed by atoms with van der Waals surface area (Å²) < 4.78 is 53.3. The minimum atomic E-state index is -5.08. The molecule has 0 spiro atoms. The molecule has 0 aliphatic rings. The normalized spacial score (nSPS) is 11.5. The molecule has 0 fully saturated rings. The van der Waals surface area contributed by atoms with Crippen molar-refractivity contribution in [3.8, 4) is 0 Å². The molecule has 0 aliphatic carbocycles. The molecule has 0 bridgehead atoms. The monoisotopic (exact) mass is 638 g/mol. The van der Waals surface area contributed by atoms with E-state index in [1.807, 2.05) is 0 Å². The molecule has 1 atom stereocenters. The SMILES string of the molecule is CNC(=O)CCC(C=O)N(C)C(=O)c1c(C=O)cccc1NCCOCCOCCOCCOCCN.O=C(O)C(F)(F)F. The standard InChI is InChI=1S/C25H40N4O8.C2HF3O2/c1-27-23(32)7-6-21(19-31)29(2)25(33)24-20(18-30)4-3-5-22(24)28-9-11-35-13-15-37-17-16-36-14-12-34-10-8-26;3-2(4,5)1(6)7/h3-5,18-19,21,28H,6-17,26H2,1-2H3,(H,27,32);(H,6,7). The van der Waals surface area contributed by atoms with Gasteiger partial charge in [-0.3, -0.25) is 14.4 Å². The van der Waals surface area contributed by atoms with Gasteiger partial charge in [-0.1, -0.05) is 12.1 Å². The maximum absolute atomic E-state index is 13.2. The highest BCUT2D eigenvalue weighted by Gasteiger charge is 2.38. The number of nitrogens with zero attached hydrogens (tertiary/aromatic N) is 1. The number of halogens is 3. The number of anilines is 1. The second-order valence-electron chi connectivity index (χ2n) is 8.69. The van der Waals surface area contributed by atoms with Crippen molar-refractivity contribution in [1.82, 2.24) is 10.2 Å². The number of carboxylic acid groups (broad SMARTS) is 1. The molecule has 0 radical (unpaired) electrons. The summed E-state index contributed by atoms with van der Waals surface area (Å²) >= 11 is 0. The Bertz CT molecular complexity index is 1010. The molecule has 2 amide bonds. The van der Waals surface area contributed by atoms with Gasteiger partial charge in [-0.15, -0.1) is 0 Å². The van der Waals surface area contributed by atoms with Gasteiger partial charge in [0.15, 0.2) is 6.29 Å². The van der Waals surface area contributed by atoms with E-state index in [0.717, 1.165) is 0 Å². The van der Waals surface area contributed by atoms with Gasteiger partial charge in [0.2, 0.25) is 5.91 Å². The number of aliphatic carboxylic acids is 1. The molecule has 5 N–H and O–H groups in total. The molecule has 1 aromatic carbocycles. The number of hydrogen-bond donors (Lipinski definition) is 4. The number of alkyl halides is 3. The second kappa shape index (κ2) is 23.8. The van der Waals surface area contributed by atoms with Crippen LogP contribution in [0.2, 0.25) is 0 Å². The van der Waals surface area contributed by atoms with Crippen molar-refractivity contribution in [2.24, 2.45) is 5.73 Å². The summed E-state index contributed by atoms with van der Waals surface area (Å²) in [6.45, 7) is 4.42. The van der Waals surface area contributed by atoms with Crippen LogP contribution in [0.4, 0.5) is 18.9 Å². The van der Waals surface area contributed by atoms with Crippen molar-refractivity contribution in [1.29, 1.82) is 0 Å². The lowest BCUT2D eigenvalue weighted by Gasteiger charge is -2.25. The first-order valence-electron chi connectivity index (χ1n) is 13.5. The number of aldehydes is 2. The van der Waals surface area contributed by atoms with Crippen LogP contribution in [0.1, 0.15) is 33.6 Å². The van der Waals surface area contributed by atoms with Crippen LogP contribution in [-0.2, 0) is 33.3 Å². The fraction of sp³-hybridized carbons (Fsp3) is 0.593. The maximum atomic E-state index is 13.2. The molecule has 0 saturated heterocycles. The Morgan fingerprint density at radius 2 is 1.50 bits per heavy atom. The molecular weight excluding hydrogens is 597 g/mol. The van der Waals surface area contributed by atoms with Gasteiger partial charge in [0.05, 0.1) is 64.5 Å².